The van der Waals surface area contributed by atoms with Gasteiger partial charge in [0.15, 0.2) is 5.82 Å². The zero-order valence-electron chi connectivity index (χ0n) is 11.4. The number of aromatic nitrogens is 4. The number of nitrogen functional groups attached to an aromatic ring is 1. The highest BCUT2D eigenvalue weighted by Gasteiger charge is 2.19. The van der Waals surface area contributed by atoms with Gasteiger partial charge in [-0.15, -0.1) is 0 Å². The molecule has 2 heterocycles. The molecule has 0 aliphatic carbocycles. The van der Waals surface area contributed by atoms with E-state index in [1.165, 1.54) is 6.33 Å². The van der Waals surface area contributed by atoms with Gasteiger partial charge in [0.25, 0.3) is 0 Å². The highest BCUT2D eigenvalue weighted by molar-refractivity contribution is 9.10. The molecule has 0 saturated heterocycles. The Hall–Kier alpha value is -1.47. The van der Waals surface area contributed by atoms with E-state index in [0.717, 1.165) is 27.2 Å². The average Bonchev–Trinajstić information content (AvgIpc) is 2.65. The summed E-state index contributed by atoms with van der Waals surface area (Å²) in [6.45, 7) is 8.09. The van der Waals surface area contributed by atoms with Crippen LogP contribution >= 0.6 is 15.9 Å². The Labute approximate surface area is 120 Å². The molecule has 0 aliphatic rings. The zero-order valence-corrected chi connectivity index (χ0v) is 13.0. The Balaban J connectivity index is 2.71. The van der Waals surface area contributed by atoms with Crippen LogP contribution in [0.4, 0.5) is 5.82 Å². The fraction of sp³-hybridized carbons (Fsp3) is 0.417. The smallest absolute Gasteiger partial charge is 0.162 e. The number of halogens is 1. The normalized spacial score (nSPS) is 11.1. The van der Waals surface area contributed by atoms with E-state index in [-0.39, 0.29) is 5.92 Å². The molecule has 0 radical (unpaired) electrons. The van der Waals surface area contributed by atoms with E-state index in [1.54, 1.807) is 0 Å². The predicted octanol–water partition coefficient (Wildman–Crippen LogP) is 2.45. The van der Waals surface area contributed by atoms with E-state index in [0.29, 0.717) is 5.82 Å². The topological polar surface area (TPSA) is 81.7 Å². The molecule has 0 bridgehead atoms. The van der Waals surface area contributed by atoms with Crippen LogP contribution in [0.3, 0.4) is 0 Å². The van der Waals surface area contributed by atoms with Crippen molar-refractivity contribution in [1.29, 1.82) is 0 Å². The second-order valence-electron chi connectivity index (χ2n) is 4.66. The highest BCUT2D eigenvalue weighted by atomic mass is 79.9. The van der Waals surface area contributed by atoms with Crippen molar-refractivity contribution in [2.45, 2.75) is 33.6 Å². The molecule has 102 valence electrons. The minimum absolute atomic E-state index is 0.227. The number of nitrogens with one attached hydrogen (secondary N) is 1. The van der Waals surface area contributed by atoms with Crippen molar-refractivity contribution >= 4 is 21.7 Å². The number of nitrogens with zero attached hydrogens (tertiary/aromatic N) is 4. The lowest BCUT2D eigenvalue weighted by Gasteiger charge is -2.15. The summed E-state index contributed by atoms with van der Waals surface area (Å²) in [6, 6.07) is 0. The first kappa shape index (κ1) is 14.0. The first-order valence-electron chi connectivity index (χ1n) is 6.01. The number of hydrogen-bond donors (Lipinski definition) is 2. The third-order valence-electron chi connectivity index (χ3n) is 2.98. The molecule has 2 aromatic rings. The Morgan fingerprint density at radius 1 is 1.32 bits per heavy atom. The van der Waals surface area contributed by atoms with Gasteiger partial charge in [0, 0.05) is 5.56 Å². The lowest BCUT2D eigenvalue weighted by Crippen LogP contribution is -2.16. The minimum atomic E-state index is 0.227. The fourth-order valence-electron chi connectivity index (χ4n) is 2.03. The summed E-state index contributed by atoms with van der Waals surface area (Å²) < 4.78 is 2.81. The number of nitrogens with two attached hydrogens (primary N) is 1. The van der Waals surface area contributed by atoms with Gasteiger partial charge < -0.3 is 5.43 Å². The van der Waals surface area contributed by atoms with Crippen LogP contribution < -0.4 is 11.3 Å². The summed E-state index contributed by atoms with van der Waals surface area (Å²) in [5.74, 6) is 7.14. The SMILES string of the molecule is Cc1nn(-c2ncnc(NN)c2C(C)C)c(C)c1Br. The molecule has 0 aliphatic heterocycles. The molecule has 0 aromatic carbocycles. The molecule has 7 heteroatoms. The minimum Gasteiger partial charge on any atom is -0.308 e. The van der Waals surface area contributed by atoms with E-state index >= 15 is 0 Å². The van der Waals surface area contributed by atoms with E-state index in [2.05, 4.69) is 50.3 Å². The van der Waals surface area contributed by atoms with Crippen LogP contribution in [-0.2, 0) is 0 Å². The predicted molar refractivity (Wildman–Crippen MR) is 78.2 cm³/mol. The third-order valence-corrected chi connectivity index (χ3v) is 4.13. The number of hydrazine groups is 1. The molecule has 3 N–H and O–H groups in total. The molecule has 2 aromatic heterocycles. The van der Waals surface area contributed by atoms with E-state index in [9.17, 15) is 0 Å². The summed E-state index contributed by atoms with van der Waals surface area (Å²) in [5, 5.41) is 4.51. The molecule has 6 nitrogen and oxygen atoms in total. The lowest BCUT2D eigenvalue weighted by molar-refractivity contribution is 0.753. The van der Waals surface area contributed by atoms with Gasteiger partial charge in [-0.2, -0.15) is 5.10 Å². The largest absolute Gasteiger partial charge is 0.308 e. The van der Waals surface area contributed by atoms with Crippen molar-refractivity contribution < 1.29 is 0 Å². The van der Waals surface area contributed by atoms with Gasteiger partial charge in [0.2, 0.25) is 0 Å². The van der Waals surface area contributed by atoms with Gasteiger partial charge in [0.1, 0.15) is 12.1 Å². The lowest BCUT2D eigenvalue weighted by atomic mass is 10.0. The van der Waals surface area contributed by atoms with Gasteiger partial charge in [0.05, 0.1) is 15.9 Å². The zero-order chi connectivity index (χ0) is 14.2. The van der Waals surface area contributed by atoms with Gasteiger partial charge in [-0.1, -0.05) is 13.8 Å². The summed E-state index contributed by atoms with van der Waals surface area (Å²) in [6.07, 6.45) is 1.49. The summed E-state index contributed by atoms with van der Waals surface area (Å²) >= 11 is 3.53. The Morgan fingerprint density at radius 3 is 2.47 bits per heavy atom. The maximum absolute atomic E-state index is 5.53. The van der Waals surface area contributed by atoms with Gasteiger partial charge in [-0.3, -0.25) is 0 Å². The molecule has 0 saturated carbocycles. The van der Waals surface area contributed by atoms with Crippen molar-refractivity contribution in [2.75, 3.05) is 5.43 Å². The van der Waals surface area contributed by atoms with Crippen molar-refractivity contribution in [1.82, 2.24) is 19.7 Å². The first-order chi connectivity index (χ1) is 8.97. The van der Waals surface area contributed by atoms with E-state index < -0.39 is 0 Å². The molecule has 0 fully saturated rings. The van der Waals surface area contributed by atoms with Crippen LogP contribution in [0.15, 0.2) is 10.8 Å². The quantitative estimate of drug-likeness (QED) is 0.669. The molecule has 19 heavy (non-hydrogen) atoms. The average molecular weight is 325 g/mol. The second kappa shape index (κ2) is 5.26. The second-order valence-corrected chi connectivity index (χ2v) is 5.45. The fourth-order valence-corrected chi connectivity index (χ4v) is 2.28. The third kappa shape index (κ3) is 2.35. The Kier molecular flexibility index (Phi) is 3.86. The number of rotatable bonds is 3. The summed E-state index contributed by atoms with van der Waals surface area (Å²) in [5.41, 5.74) is 5.50. The first-order valence-corrected chi connectivity index (χ1v) is 6.80. The van der Waals surface area contributed by atoms with Crippen LogP contribution in [0, 0.1) is 13.8 Å². The summed E-state index contributed by atoms with van der Waals surface area (Å²) in [4.78, 5) is 8.53. The van der Waals surface area contributed by atoms with E-state index in [1.807, 2.05) is 18.5 Å². The highest BCUT2D eigenvalue weighted by Crippen LogP contribution is 2.29. The molecule has 2 rings (SSSR count). The van der Waals surface area contributed by atoms with Gasteiger partial charge >= 0.3 is 0 Å². The van der Waals surface area contributed by atoms with Crippen LogP contribution in [0.5, 0.6) is 0 Å². The van der Waals surface area contributed by atoms with Crippen molar-refractivity contribution in [3.8, 4) is 5.82 Å². The van der Waals surface area contributed by atoms with Crippen LogP contribution in [-0.4, -0.2) is 19.7 Å². The number of anilines is 1. The maximum Gasteiger partial charge on any atom is 0.162 e. The Morgan fingerprint density at radius 2 is 2.00 bits per heavy atom. The van der Waals surface area contributed by atoms with Crippen molar-refractivity contribution in [3.05, 3.63) is 27.8 Å². The number of hydrogen-bond acceptors (Lipinski definition) is 5. The number of aryl methyl sites for hydroxylation is 1. The van der Waals surface area contributed by atoms with Crippen molar-refractivity contribution in [2.24, 2.45) is 5.84 Å². The monoisotopic (exact) mass is 324 g/mol. The van der Waals surface area contributed by atoms with Crippen molar-refractivity contribution in [3.63, 3.8) is 0 Å². The standard InChI is InChI=1S/C12H17BrN6/c1-6(2)9-11(17-14)15-5-16-12(9)19-8(4)10(13)7(3)18-19/h5-6H,14H2,1-4H3,(H,15,16,17). The van der Waals surface area contributed by atoms with Gasteiger partial charge in [-0.25, -0.2) is 20.5 Å². The molecule has 0 amide bonds. The molecule has 0 spiro atoms. The Bertz CT molecular complexity index is 605. The summed E-state index contributed by atoms with van der Waals surface area (Å²) in [7, 11) is 0. The molecular weight excluding hydrogens is 308 g/mol. The molecule has 0 unspecified atom stereocenters. The van der Waals surface area contributed by atoms with Gasteiger partial charge in [-0.05, 0) is 35.7 Å². The van der Waals surface area contributed by atoms with Crippen LogP contribution in [0.2, 0.25) is 0 Å². The van der Waals surface area contributed by atoms with Crippen LogP contribution in [0.1, 0.15) is 36.7 Å². The maximum atomic E-state index is 5.53. The molecular formula is C12H17BrN6. The van der Waals surface area contributed by atoms with Crippen LogP contribution in [0.25, 0.3) is 5.82 Å². The van der Waals surface area contributed by atoms with E-state index in [4.69, 9.17) is 5.84 Å². The molecule has 0 atom stereocenters.